The third-order valence-electron chi connectivity index (χ3n) is 4.09. The molecule has 0 bridgehead atoms. The van der Waals surface area contributed by atoms with Crippen LogP contribution in [0.3, 0.4) is 0 Å². The summed E-state index contributed by atoms with van der Waals surface area (Å²) in [7, 11) is 1.65. The molecule has 3 aromatic rings. The van der Waals surface area contributed by atoms with Gasteiger partial charge in [-0.25, -0.2) is 4.98 Å². The van der Waals surface area contributed by atoms with Gasteiger partial charge in [0.2, 0.25) is 5.91 Å². The van der Waals surface area contributed by atoms with Crippen LogP contribution in [0.15, 0.2) is 53.9 Å². The Labute approximate surface area is 157 Å². The molecule has 0 fully saturated rings. The number of amides is 1. The van der Waals surface area contributed by atoms with E-state index >= 15 is 0 Å². The number of anilines is 1. The monoisotopic (exact) mass is 366 g/mol. The molecule has 134 valence electrons. The molecule has 0 saturated heterocycles. The predicted molar refractivity (Wildman–Crippen MR) is 107 cm³/mol. The minimum absolute atomic E-state index is 0.0512. The molecule has 0 aliphatic carbocycles. The van der Waals surface area contributed by atoms with Crippen LogP contribution >= 0.6 is 11.3 Å². The van der Waals surface area contributed by atoms with Crippen molar-refractivity contribution in [3.8, 4) is 16.3 Å². The van der Waals surface area contributed by atoms with Gasteiger partial charge in [-0.05, 0) is 41.8 Å². The summed E-state index contributed by atoms with van der Waals surface area (Å²) in [6.45, 7) is 4.24. The molecule has 4 nitrogen and oxygen atoms in total. The van der Waals surface area contributed by atoms with Crippen molar-refractivity contribution < 1.29 is 9.53 Å². The molecule has 0 aliphatic heterocycles. The van der Waals surface area contributed by atoms with Crippen LogP contribution in [-0.2, 0) is 11.2 Å². The molecule has 0 atom stereocenters. The van der Waals surface area contributed by atoms with Gasteiger partial charge in [0.25, 0.3) is 0 Å². The van der Waals surface area contributed by atoms with E-state index < -0.39 is 0 Å². The van der Waals surface area contributed by atoms with E-state index in [0.717, 1.165) is 33.3 Å². The van der Waals surface area contributed by atoms with Gasteiger partial charge in [-0.2, -0.15) is 0 Å². The second-order valence-electron chi connectivity index (χ2n) is 6.34. The first-order valence-corrected chi connectivity index (χ1v) is 9.42. The van der Waals surface area contributed by atoms with Crippen LogP contribution in [0, 0.1) is 0 Å². The molecule has 0 radical (unpaired) electrons. The number of nitrogens with zero attached hydrogens (tertiary/aromatic N) is 1. The SMILES string of the molecule is COc1ccc(-c2nc(CC(=O)Nc3ccccc3C(C)C)cs2)cc1. The fourth-order valence-corrected chi connectivity index (χ4v) is 3.55. The Bertz CT molecular complexity index is 885. The minimum atomic E-state index is -0.0512. The Morgan fingerprint density at radius 3 is 2.58 bits per heavy atom. The molecular formula is C21H22N2O2S. The lowest BCUT2D eigenvalue weighted by atomic mass is 10.0. The van der Waals surface area contributed by atoms with E-state index in [0.29, 0.717) is 5.92 Å². The van der Waals surface area contributed by atoms with Crippen molar-refractivity contribution in [1.29, 1.82) is 0 Å². The second kappa shape index (κ2) is 8.15. The summed E-state index contributed by atoms with van der Waals surface area (Å²) < 4.78 is 5.18. The van der Waals surface area contributed by atoms with E-state index in [1.807, 2.05) is 53.9 Å². The number of hydrogen-bond donors (Lipinski definition) is 1. The van der Waals surface area contributed by atoms with Crippen molar-refractivity contribution in [1.82, 2.24) is 4.98 Å². The smallest absolute Gasteiger partial charge is 0.230 e. The fraction of sp³-hybridized carbons (Fsp3) is 0.238. The second-order valence-corrected chi connectivity index (χ2v) is 7.20. The summed E-state index contributed by atoms with van der Waals surface area (Å²) in [6, 6.07) is 15.7. The number of aromatic nitrogens is 1. The van der Waals surface area contributed by atoms with Crippen LogP contribution < -0.4 is 10.1 Å². The van der Waals surface area contributed by atoms with E-state index in [2.05, 4.69) is 24.1 Å². The van der Waals surface area contributed by atoms with Crippen LogP contribution in [0.4, 0.5) is 5.69 Å². The molecule has 0 aliphatic rings. The standard InChI is InChI=1S/C21H22N2O2S/c1-14(2)18-6-4-5-7-19(18)23-20(24)12-16-13-26-21(22-16)15-8-10-17(25-3)11-9-15/h4-11,13-14H,12H2,1-3H3,(H,23,24). The van der Waals surface area contributed by atoms with Crippen LogP contribution in [-0.4, -0.2) is 18.0 Å². The highest BCUT2D eigenvalue weighted by molar-refractivity contribution is 7.13. The van der Waals surface area contributed by atoms with Gasteiger partial charge in [0.1, 0.15) is 10.8 Å². The zero-order chi connectivity index (χ0) is 18.5. The highest BCUT2D eigenvalue weighted by atomic mass is 32.1. The minimum Gasteiger partial charge on any atom is -0.497 e. The summed E-state index contributed by atoms with van der Waals surface area (Å²) in [4.78, 5) is 17.0. The molecule has 0 spiro atoms. The number of carbonyl (C=O) groups is 1. The lowest BCUT2D eigenvalue weighted by Crippen LogP contribution is -2.16. The van der Waals surface area contributed by atoms with Gasteiger partial charge in [0.05, 0.1) is 19.2 Å². The average Bonchev–Trinajstić information content (AvgIpc) is 3.10. The number of methoxy groups -OCH3 is 1. The summed E-state index contributed by atoms with van der Waals surface area (Å²) in [5.41, 5.74) is 3.81. The first-order chi connectivity index (χ1) is 12.6. The maximum atomic E-state index is 12.4. The Morgan fingerprint density at radius 2 is 1.88 bits per heavy atom. The van der Waals surface area contributed by atoms with Crippen molar-refractivity contribution in [3.63, 3.8) is 0 Å². The molecule has 1 aromatic heterocycles. The van der Waals surface area contributed by atoms with E-state index in [-0.39, 0.29) is 12.3 Å². The molecule has 1 amide bonds. The van der Waals surface area contributed by atoms with E-state index in [4.69, 9.17) is 4.74 Å². The third-order valence-corrected chi connectivity index (χ3v) is 5.03. The molecule has 1 heterocycles. The highest BCUT2D eigenvalue weighted by Crippen LogP contribution is 2.27. The van der Waals surface area contributed by atoms with Gasteiger partial charge in [0.15, 0.2) is 0 Å². The normalized spacial score (nSPS) is 10.8. The lowest BCUT2D eigenvalue weighted by Gasteiger charge is -2.13. The number of thiazole rings is 1. The summed E-state index contributed by atoms with van der Waals surface area (Å²) in [5.74, 6) is 1.12. The number of ether oxygens (including phenoxy) is 1. The predicted octanol–water partition coefficient (Wildman–Crippen LogP) is 5.12. The van der Waals surface area contributed by atoms with Crippen LogP contribution in [0.2, 0.25) is 0 Å². The summed E-state index contributed by atoms with van der Waals surface area (Å²) in [5, 5.41) is 5.85. The largest absolute Gasteiger partial charge is 0.497 e. The number of rotatable bonds is 6. The third kappa shape index (κ3) is 4.29. The lowest BCUT2D eigenvalue weighted by molar-refractivity contribution is -0.115. The molecule has 0 unspecified atom stereocenters. The van der Waals surface area contributed by atoms with Crippen LogP contribution in [0.1, 0.15) is 31.0 Å². The van der Waals surface area contributed by atoms with Gasteiger partial charge < -0.3 is 10.1 Å². The van der Waals surface area contributed by atoms with Gasteiger partial charge >= 0.3 is 0 Å². The van der Waals surface area contributed by atoms with Crippen LogP contribution in [0.5, 0.6) is 5.75 Å². The van der Waals surface area contributed by atoms with Crippen molar-refractivity contribution in [3.05, 3.63) is 65.2 Å². The molecule has 1 N–H and O–H groups in total. The molecular weight excluding hydrogens is 344 g/mol. The zero-order valence-electron chi connectivity index (χ0n) is 15.2. The number of hydrogen-bond acceptors (Lipinski definition) is 4. The number of para-hydroxylation sites is 1. The Hall–Kier alpha value is -2.66. The Balaban J connectivity index is 1.68. The maximum absolute atomic E-state index is 12.4. The van der Waals surface area contributed by atoms with E-state index in [1.165, 1.54) is 0 Å². The molecule has 3 rings (SSSR count). The maximum Gasteiger partial charge on any atom is 0.230 e. The Kier molecular flexibility index (Phi) is 5.68. The molecule has 2 aromatic carbocycles. The van der Waals surface area contributed by atoms with Crippen molar-refractivity contribution in [2.45, 2.75) is 26.2 Å². The first kappa shape index (κ1) is 18.1. The molecule has 0 saturated carbocycles. The number of nitrogens with one attached hydrogen (secondary N) is 1. The topological polar surface area (TPSA) is 51.2 Å². The number of carbonyl (C=O) groups excluding carboxylic acids is 1. The van der Waals surface area contributed by atoms with Crippen LogP contribution in [0.25, 0.3) is 10.6 Å². The van der Waals surface area contributed by atoms with Gasteiger partial charge in [-0.3, -0.25) is 4.79 Å². The summed E-state index contributed by atoms with van der Waals surface area (Å²) in [6.07, 6.45) is 0.263. The van der Waals surface area contributed by atoms with Crippen molar-refractivity contribution in [2.75, 3.05) is 12.4 Å². The van der Waals surface area contributed by atoms with Crippen molar-refractivity contribution >= 4 is 22.9 Å². The average molecular weight is 366 g/mol. The quantitative estimate of drug-likeness (QED) is 0.658. The van der Waals surface area contributed by atoms with E-state index in [1.54, 1.807) is 18.4 Å². The fourth-order valence-electron chi connectivity index (χ4n) is 2.73. The first-order valence-electron chi connectivity index (χ1n) is 8.54. The van der Waals surface area contributed by atoms with Crippen molar-refractivity contribution in [2.24, 2.45) is 0 Å². The molecule has 5 heteroatoms. The van der Waals surface area contributed by atoms with Gasteiger partial charge in [-0.1, -0.05) is 32.0 Å². The van der Waals surface area contributed by atoms with E-state index in [9.17, 15) is 4.79 Å². The molecule has 26 heavy (non-hydrogen) atoms. The van der Waals surface area contributed by atoms with Gasteiger partial charge in [-0.15, -0.1) is 11.3 Å². The zero-order valence-corrected chi connectivity index (χ0v) is 16.0. The Morgan fingerprint density at radius 1 is 1.15 bits per heavy atom. The number of benzene rings is 2. The summed E-state index contributed by atoms with van der Waals surface area (Å²) >= 11 is 1.54. The van der Waals surface area contributed by atoms with Gasteiger partial charge in [0, 0.05) is 16.6 Å². The highest BCUT2D eigenvalue weighted by Gasteiger charge is 2.12.